The number of aryl methyl sites for hydroxylation is 1. The summed E-state index contributed by atoms with van der Waals surface area (Å²) in [6.07, 6.45) is 9.42. The molecule has 22 N–H and O–H groups in total. The van der Waals surface area contributed by atoms with Crippen LogP contribution in [0.1, 0.15) is 5.56 Å². The number of anilines is 5. The van der Waals surface area contributed by atoms with E-state index in [1.54, 1.807) is 0 Å². The Morgan fingerprint density at radius 2 is 0.708 bits per heavy atom. The topological polar surface area (TPSA) is 771 Å². The summed E-state index contributed by atoms with van der Waals surface area (Å²) in [6, 6.07) is 1.29. The Morgan fingerprint density at radius 1 is 0.383 bits per heavy atom. The summed E-state index contributed by atoms with van der Waals surface area (Å²) in [7, 11) is 0. The molecule has 634 valence electrons. The first-order valence-corrected chi connectivity index (χ1v) is 36.2. The molecule has 10 heterocycles. The number of nitrogens with two attached hydrogens (primary N) is 7. The van der Waals surface area contributed by atoms with Gasteiger partial charge in [0, 0.05) is 96.5 Å². The molecule has 0 unspecified atom stereocenters. The molecule has 55 nitrogen and oxygen atoms in total. The van der Waals surface area contributed by atoms with E-state index in [-0.39, 0.29) is 125 Å². The third-order valence-corrected chi connectivity index (χ3v) is 17.8. The van der Waals surface area contributed by atoms with Crippen LogP contribution in [0.4, 0.5) is 29.4 Å². The van der Waals surface area contributed by atoms with Crippen molar-refractivity contribution in [1.29, 1.82) is 0 Å². The van der Waals surface area contributed by atoms with Gasteiger partial charge in [-0.15, -0.1) is 0 Å². The van der Waals surface area contributed by atoms with E-state index in [1.165, 1.54) is 45.5 Å². The maximum atomic E-state index is 14.4. The fourth-order valence-corrected chi connectivity index (χ4v) is 11.9. The minimum absolute atomic E-state index is 0.00286. The highest BCUT2D eigenvalue weighted by Crippen LogP contribution is 2.17. The molecule has 12 amide bonds. The van der Waals surface area contributed by atoms with Gasteiger partial charge in [-0.3, -0.25) is 96.0 Å². The molecule has 0 atom stereocenters. The Morgan fingerprint density at radius 3 is 1.06 bits per heavy atom. The molecule has 0 aromatic carbocycles. The van der Waals surface area contributed by atoms with Crippen LogP contribution in [0.5, 0.6) is 0 Å². The van der Waals surface area contributed by atoms with Crippen LogP contribution in [0.2, 0.25) is 0 Å². The zero-order chi connectivity index (χ0) is 86.6. The van der Waals surface area contributed by atoms with Gasteiger partial charge >= 0.3 is 11.4 Å². The van der Waals surface area contributed by atoms with Gasteiger partial charge in [-0.05, 0) is 13.0 Å². The second kappa shape index (κ2) is 39.3. The predicted octanol–water partition coefficient (Wildman–Crippen LogP) is -13.0. The highest BCUT2D eigenvalue weighted by Gasteiger charge is 2.28. The molecule has 10 aromatic rings. The van der Waals surface area contributed by atoms with E-state index in [1.807, 2.05) is 0 Å². The minimum Gasteiger partial charge on any atom is -0.383 e. The van der Waals surface area contributed by atoms with Crippen LogP contribution in [0.25, 0.3) is 44.7 Å². The lowest BCUT2D eigenvalue weighted by atomic mass is 10.3. The lowest BCUT2D eigenvalue weighted by Crippen LogP contribution is -2.50. The number of carbonyl (C=O) groups is 12. The van der Waals surface area contributed by atoms with E-state index in [0.29, 0.717) is 0 Å². The second-order valence-corrected chi connectivity index (χ2v) is 26.5. The minimum atomic E-state index is -0.970. The number of primary amides is 1. The highest BCUT2D eigenvalue weighted by molar-refractivity contribution is 5.91. The van der Waals surface area contributed by atoms with Crippen LogP contribution in [0.3, 0.4) is 0 Å². The average Bonchev–Trinajstić information content (AvgIpc) is 1.70. The van der Waals surface area contributed by atoms with Gasteiger partial charge in [0.25, 0.3) is 16.7 Å². The van der Waals surface area contributed by atoms with Gasteiger partial charge in [0.1, 0.15) is 68.8 Å². The summed E-state index contributed by atoms with van der Waals surface area (Å²) in [5.41, 5.74) is 36.6. The van der Waals surface area contributed by atoms with Crippen molar-refractivity contribution >= 4 is 145 Å². The molecular formula is C65H82N38O17. The zero-order valence-corrected chi connectivity index (χ0v) is 63.9. The smallest absolute Gasteiger partial charge is 0.349 e. The van der Waals surface area contributed by atoms with Crippen LogP contribution >= 0.6 is 0 Å². The number of amides is 12. The van der Waals surface area contributed by atoms with Crippen LogP contribution < -0.4 is 94.8 Å². The second-order valence-electron chi connectivity index (χ2n) is 26.5. The first-order valence-electron chi connectivity index (χ1n) is 36.2. The maximum Gasteiger partial charge on any atom is 0.349 e. The van der Waals surface area contributed by atoms with E-state index < -0.39 is 210 Å². The highest BCUT2D eigenvalue weighted by atomic mass is 16.2. The SMILES string of the molecule is Cc1cn(CC(=O)N(CCNC(=O)CN(CCN)C(=O)Cn2ccc(N)nc2=O)CC(=O)NCCN(CC(=O)NCCN(CC(=O)NCCN(CC(=O)NCCN(CC(N)=O)C(=O)Cn2cnc3c(=O)[nH]c(N)nc32)C(=O)Cn2cnc3c(N)ncnc32)C(=O)Cn2cnc3c(N)ncnc32)C(=O)Cn2cnc3c(=O)[nH]c(N)nc32)c(=O)[nH]c1=O. The first kappa shape index (κ1) is 86.4. The maximum absolute atomic E-state index is 14.4. The number of carbonyl (C=O) groups excluding carboxylic acids is 12. The van der Waals surface area contributed by atoms with E-state index in [0.717, 1.165) is 74.6 Å². The van der Waals surface area contributed by atoms with Gasteiger partial charge in [0.15, 0.2) is 45.3 Å². The van der Waals surface area contributed by atoms with E-state index >= 15 is 0 Å². The standard InChI is InChI=1S/C65H82N38O17/c1-35-16-99(65(120)91-59(35)116)24-44(111)94(12-5-74-38(105)18-92(10-3-66)43(110)23-98-9-2-36(67)86-64(98)119)19-39(106)75-8-15-97(48(115)28-103-34-85-52-58(103)88-63(72)90-61(52)118)22-42(109)77-7-14-96(47(114)26-101-32-83-50-54(70)79-30-81-56(50)101)21-41(108)76-6-13-95(46(113)25-100-31-82-49-53(69)78-29-80-55(49)100)20-40(107)73-4-11-93(17-37(68)104)45(112)27-102-33-84-51-57(102)87-62(71)89-60(51)117/h2,9,16,29-34H,3-8,10-15,17-28,66H2,1H3,(H2,68,104)(H,73,107)(H,74,105)(H,75,106)(H,76,108)(H,77,109)(H2,67,86,119)(H2,69,78,80)(H2,70,79,81)(H,91,116,120)(H3,71,87,89,117)(H3,72,88,90,118). The summed E-state index contributed by atoms with van der Waals surface area (Å²) in [4.78, 5) is 285. The summed E-state index contributed by atoms with van der Waals surface area (Å²) in [5, 5.41) is 12.9. The number of H-pyrrole nitrogens is 3. The van der Waals surface area contributed by atoms with E-state index in [4.69, 9.17) is 40.1 Å². The number of nitrogens with one attached hydrogen (secondary N) is 8. The number of imidazole rings is 4. The normalized spacial score (nSPS) is 11.2. The van der Waals surface area contributed by atoms with Crippen molar-refractivity contribution in [3.8, 4) is 0 Å². The molecule has 0 radical (unpaired) electrons. The van der Waals surface area contributed by atoms with Gasteiger partial charge in [-0.1, -0.05) is 0 Å². The van der Waals surface area contributed by atoms with Crippen molar-refractivity contribution in [2.75, 3.05) is 146 Å². The number of aromatic amines is 3. The molecular weight excluding hydrogens is 1580 g/mol. The van der Waals surface area contributed by atoms with Crippen molar-refractivity contribution in [3.05, 3.63) is 114 Å². The Hall–Kier alpha value is -16.0. The molecule has 10 aromatic heterocycles. The number of rotatable bonds is 41. The van der Waals surface area contributed by atoms with Gasteiger partial charge < -0.3 is 114 Å². The summed E-state index contributed by atoms with van der Waals surface area (Å²) in [6.45, 7) is -10.2. The van der Waals surface area contributed by atoms with Crippen LogP contribution in [0.15, 0.2) is 80.4 Å². The van der Waals surface area contributed by atoms with Gasteiger partial charge in [0.2, 0.25) is 82.8 Å². The van der Waals surface area contributed by atoms with Crippen LogP contribution in [0, 0.1) is 6.92 Å². The Bertz CT molecular complexity index is 5900. The molecule has 0 bridgehead atoms. The van der Waals surface area contributed by atoms with Crippen molar-refractivity contribution in [2.24, 2.45) is 11.5 Å². The molecule has 0 aliphatic rings. The summed E-state index contributed by atoms with van der Waals surface area (Å²) < 4.78 is 6.86. The van der Waals surface area contributed by atoms with Crippen molar-refractivity contribution in [1.82, 2.24) is 153 Å². The lowest BCUT2D eigenvalue weighted by Gasteiger charge is -2.26. The fraction of sp³-hybridized carbons (Fsp3) is 0.385. The molecule has 120 heavy (non-hydrogen) atoms. The van der Waals surface area contributed by atoms with Gasteiger partial charge in [-0.25, -0.2) is 49.5 Å². The average molecular weight is 1670 g/mol. The predicted molar refractivity (Wildman–Crippen MR) is 416 cm³/mol. The molecule has 0 aliphatic heterocycles. The third kappa shape index (κ3) is 22.7. The quantitative estimate of drug-likeness (QED) is 0.0169. The molecule has 10 rings (SSSR count). The van der Waals surface area contributed by atoms with E-state index in [9.17, 15) is 81.5 Å². The number of nitrogen functional groups attached to an aromatic ring is 5. The monoisotopic (exact) mass is 1670 g/mol. The fourth-order valence-electron chi connectivity index (χ4n) is 11.9. The Kier molecular flexibility index (Phi) is 28.3. The van der Waals surface area contributed by atoms with Crippen molar-refractivity contribution in [2.45, 2.75) is 46.2 Å². The first-order chi connectivity index (χ1) is 57.3. The Labute approximate surface area is 671 Å². The van der Waals surface area contributed by atoms with Gasteiger partial charge in [-0.2, -0.15) is 15.0 Å². The molecule has 55 heteroatoms. The molecule has 0 spiro atoms. The third-order valence-electron chi connectivity index (χ3n) is 17.8. The summed E-state index contributed by atoms with van der Waals surface area (Å²) in [5.74, 6) is -10.3. The number of fused-ring (bicyclic) bond motifs is 4. The van der Waals surface area contributed by atoms with Crippen molar-refractivity contribution in [3.63, 3.8) is 0 Å². The molecule has 0 saturated carbocycles. The number of hydrogen-bond acceptors (Lipinski definition) is 34. The number of aromatic nitrogens is 20. The van der Waals surface area contributed by atoms with E-state index in [2.05, 4.69) is 96.4 Å². The number of nitrogens with zero attached hydrogens (tertiary/aromatic N) is 23. The Balaban J connectivity index is 0.805. The lowest BCUT2D eigenvalue weighted by molar-refractivity contribution is -0.138. The summed E-state index contributed by atoms with van der Waals surface area (Å²) >= 11 is 0. The van der Waals surface area contributed by atoms with Crippen molar-refractivity contribution < 1.29 is 57.5 Å². The zero-order valence-electron chi connectivity index (χ0n) is 63.9. The molecule has 0 aliphatic carbocycles. The largest absolute Gasteiger partial charge is 0.383 e. The number of hydrogen-bond donors (Lipinski definition) is 15. The van der Waals surface area contributed by atoms with Crippen LogP contribution in [-0.2, 0) is 96.8 Å². The molecule has 0 saturated heterocycles. The molecule has 0 fully saturated rings. The van der Waals surface area contributed by atoms with Crippen LogP contribution in [-0.4, -0.2) is 315 Å². The van der Waals surface area contributed by atoms with Gasteiger partial charge in [0.05, 0.1) is 64.6 Å².